The van der Waals surface area contributed by atoms with Crippen LogP contribution in [-0.2, 0) is 4.79 Å². The zero-order valence-electron chi connectivity index (χ0n) is 19.2. The van der Waals surface area contributed by atoms with E-state index in [-0.39, 0.29) is 24.9 Å². The molecule has 178 valence electrons. The maximum absolute atomic E-state index is 12.6. The summed E-state index contributed by atoms with van der Waals surface area (Å²) in [6.45, 7) is 3.07. The summed E-state index contributed by atoms with van der Waals surface area (Å²) in [6, 6.07) is 21.1. The van der Waals surface area contributed by atoms with Crippen molar-refractivity contribution in [2.45, 2.75) is 6.42 Å². The molecule has 0 atom stereocenters. The number of fused-ring (bicyclic) bond motifs is 1. The zero-order valence-corrected chi connectivity index (χ0v) is 20.0. The first-order valence-electron chi connectivity index (χ1n) is 11.6. The van der Waals surface area contributed by atoms with Gasteiger partial charge in [-0.25, -0.2) is 14.8 Å². The predicted molar refractivity (Wildman–Crippen MR) is 140 cm³/mol. The van der Waals surface area contributed by atoms with E-state index < -0.39 is 0 Å². The average molecular weight is 487 g/mol. The Kier molecular flexibility index (Phi) is 6.85. The normalized spacial score (nSPS) is 13.6. The molecule has 0 unspecified atom stereocenters. The van der Waals surface area contributed by atoms with Gasteiger partial charge in [-0.05, 0) is 36.4 Å². The van der Waals surface area contributed by atoms with Gasteiger partial charge in [-0.3, -0.25) is 4.79 Å². The van der Waals surface area contributed by atoms with Gasteiger partial charge < -0.3 is 20.4 Å². The van der Waals surface area contributed by atoms with Gasteiger partial charge in [0.25, 0.3) is 0 Å². The van der Waals surface area contributed by atoms with Crippen LogP contribution in [0.15, 0.2) is 72.9 Å². The average Bonchev–Trinajstić information content (AvgIpc) is 3.34. The third-order valence-electron chi connectivity index (χ3n) is 5.93. The number of carbonyl (C=O) groups is 2. The molecule has 0 spiro atoms. The highest BCUT2D eigenvalue weighted by atomic mass is 32.1. The number of benzene rings is 2. The molecule has 5 rings (SSSR count). The standard InChI is InChI=1S/C26H26N6O2S/c33-24(32-17-15-31(16-18-32)23-11-5-6-13-27-23)12-14-28-26(34)30-20-8-2-1-7-19(20)25-29-21-9-3-4-10-22(21)35-25/h1-11,13H,12,14-18H2,(H2,28,30,34). The van der Waals surface area contributed by atoms with Gasteiger partial charge in [-0.1, -0.05) is 30.3 Å². The molecule has 0 bridgehead atoms. The quantitative estimate of drug-likeness (QED) is 0.426. The number of pyridine rings is 1. The second-order valence-electron chi connectivity index (χ2n) is 8.22. The number of rotatable bonds is 6. The first-order valence-corrected chi connectivity index (χ1v) is 12.4. The van der Waals surface area contributed by atoms with Crippen molar-refractivity contribution < 1.29 is 9.59 Å². The second kappa shape index (κ2) is 10.5. The van der Waals surface area contributed by atoms with Crippen molar-refractivity contribution in [1.82, 2.24) is 20.2 Å². The molecular weight excluding hydrogens is 460 g/mol. The van der Waals surface area contributed by atoms with E-state index in [2.05, 4.69) is 20.5 Å². The fourth-order valence-electron chi connectivity index (χ4n) is 4.10. The summed E-state index contributed by atoms with van der Waals surface area (Å²) in [5, 5.41) is 6.56. The van der Waals surface area contributed by atoms with Crippen molar-refractivity contribution in [3.8, 4) is 10.6 Å². The van der Waals surface area contributed by atoms with E-state index in [9.17, 15) is 9.59 Å². The highest BCUT2D eigenvalue weighted by molar-refractivity contribution is 7.21. The second-order valence-corrected chi connectivity index (χ2v) is 9.25. The van der Waals surface area contributed by atoms with Gasteiger partial charge in [0, 0.05) is 50.9 Å². The lowest BCUT2D eigenvalue weighted by Crippen LogP contribution is -2.49. The van der Waals surface area contributed by atoms with Gasteiger partial charge in [0.05, 0.1) is 15.9 Å². The minimum absolute atomic E-state index is 0.0425. The van der Waals surface area contributed by atoms with Crippen LogP contribution < -0.4 is 15.5 Å². The Balaban J connectivity index is 1.11. The largest absolute Gasteiger partial charge is 0.353 e. The first kappa shape index (κ1) is 22.8. The highest BCUT2D eigenvalue weighted by Gasteiger charge is 2.21. The third kappa shape index (κ3) is 5.41. The zero-order chi connectivity index (χ0) is 24.0. The Bertz CT molecular complexity index is 1280. The van der Waals surface area contributed by atoms with Crippen LogP contribution in [0.25, 0.3) is 20.8 Å². The van der Waals surface area contributed by atoms with E-state index in [1.165, 1.54) is 0 Å². The first-order chi connectivity index (χ1) is 17.2. The molecule has 2 N–H and O–H groups in total. The Labute approximate surface area is 207 Å². The molecule has 1 fully saturated rings. The lowest BCUT2D eigenvalue weighted by Gasteiger charge is -2.35. The van der Waals surface area contributed by atoms with E-state index in [4.69, 9.17) is 4.98 Å². The van der Waals surface area contributed by atoms with Gasteiger partial charge in [-0.2, -0.15) is 0 Å². The number of nitrogens with zero attached hydrogens (tertiary/aromatic N) is 4. The van der Waals surface area contributed by atoms with Crippen LogP contribution in [0.3, 0.4) is 0 Å². The van der Waals surface area contributed by atoms with E-state index >= 15 is 0 Å². The van der Waals surface area contributed by atoms with Crippen LogP contribution in [0.2, 0.25) is 0 Å². The number of amides is 3. The van der Waals surface area contributed by atoms with Gasteiger partial charge >= 0.3 is 6.03 Å². The molecule has 2 aromatic heterocycles. The summed E-state index contributed by atoms with van der Waals surface area (Å²) in [7, 11) is 0. The maximum Gasteiger partial charge on any atom is 0.319 e. The van der Waals surface area contributed by atoms with E-state index in [0.29, 0.717) is 18.8 Å². The molecule has 1 saturated heterocycles. The Morgan fingerprint density at radius 1 is 0.914 bits per heavy atom. The molecule has 0 radical (unpaired) electrons. The molecule has 0 saturated carbocycles. The molecule has 0 aliphatic carbocycles. The summed E-state index contributed by atoms with van der Waals surface area (Å²) in [5.41, 5.74) is 2.48. The Morgan fingerprint density at radius 3 is 2.49 bits per heavy atom. The Hall–Kier alpha value is -3.98. The SMILES string of the molecule is O=C(NCCC(=O)N1CCN(c2ccccn2)CC1)Nc1ccccc1-c1nc2ccccc2s1. The van der Waals surface area contributed by atoms with Crippen LogP contribution in [0, 0.1) is 0 Å². The molecule has 9 heteroatoms. The summed E-state index contributed by atoms with van der Waals surface area (Å²) in [6.07, 6.45) is 2.04. The van der Waals surface area contributed by atoms with Crippen LogP contribution in [0.1, 0.15) is 6.42 Å². The molecule has 3 heterocycles. The lowest BCUT2D eigenvalue weighted by molar-refractivity contribution is -0.131. The number of piperazine rings is 1. The number of nitrogens with one attached hydrogen (secondary N) is 2. The van der Waals surface area contributed by atoms with E-state index in [1.807, 2.05) is 71.6 Å². The van der Waals surface area contributed by atoms with Crippen LogP contribution in [0.4, 0.5) is 16.3 Å². The van der Waals surface area contributed by atoms with E-state index in [0.717, 1.165) is 39.7 Å². The van der Waals surface area contributed by atoms with Gasteiger partial charge in [-0.15, -0.1) is 11.3 Å². The van der Waals surface area contributed by atoms with Crippen molar-refractivity contribution >= 4 is 45.0 Å². The Morgan fingerprint density at radius 2 is 1.69 bits per heavy atom. The fraction of sp³-hybridized carbons (Fsp3) is 0.231. The number of thiazole rings is 1. The minimum atomic E-state index is -0.341. The van der Waals surface area contributed by atoms with Crippen molar-refractivity contribution in [1.29, 1.82) is 0 Å². The molecule has 1 aliphatic heterocycles. The number of urea groups is 1. The van der Waals surface area contributed by atoms with E-state index in [1.54, 1.807) is 17.5 Å². The molecule has 8 nitrogen and oxygen atoms in total. The monoisotopic (exact) mass is 486 g/mol. The lowest BCUT2D eigenvalue weighted by atomic mass is 10.2. The number of hydrogen-bond donors (Lipinski definition) is 2. The molecule has 35 heavy (non-hydrogen) atoms. The molecule has 3 amide bonds. The maximum atomic E-state index is 12.6. The van der Waals surface area contributed by atoms with Crippen LogP contribution in [0.5, 0.6) is 0 Å². The third-order valence-corrected chi connectivity index (χ3v) is 7.00. The number of carbonyl (C=O) groups excluding carboxylic acids is 2. The molecular formula is C26H26N6O2S. The van der Waals surface area contributed by atoms with Gasteiger partial charge in [0.2, 0.25) is 5.91 Å². The fourth-order valence-corrected chi connectivity index (χ4v) is 5.10. The number of aromatic nitrogens is 2. The minimum Gasteiger partial charge on any atom is -0.353 e. The molecule has 1 aliphatic rings. The van der Waals surface area contributed by atoms with Crippen molar-refractivity contribution in [2.24, 2.45) is 0 Å². The van der Waals surface area contributed by atoms with Crippen LogP contribution >= 0.6 is 11.3 Å². The highest BCUT2D eigenvalue weighted by Crippen LogP contribution is 2.34. The van der Waals surface area contributed by atoms with Crippen molar-refractivity contribution in [2.75, 3.05) is 42.9 Å². The summed E-state index contributed by atoms with van der Waals surface area (Å²) < 4.78 is 1.10. The number of para-hydroxylation sites is 2. The van der Waals surface area contributed by atoms with Crippen LogP contribution in [-0.4, -0.2) is 59.5 Å². The summed E-state index contributed by atoms with van der Waals surface area (Å²) >= 11 is 1.59. The number of anilines is 2. The number of hydrogen-bond acceptors (Lipinski definition) is 6. The topological polar surface area (TPSA) is 90.5 Å². The summed E-state index contributed by atoms with van der Waals surface area (Å²) in [5.74, 6) is 0.977. The summed E-state index contributed by atoms with van der Waals surface area (Å²) in [4.78, 5) is 38.3. The van der Waals surface area contributed by atoms with Gasteiger partial charge in [0.1, 0.15) is 10.8 Å². The predicted octanol–water partition coefficient (Wildman–Crippen LogP) is 4.22. The molecule has 2 aromatic carbocycles. The van der Waals surface area contributed by atoms with Crippen molar-refractivity contribution in [3.05, 3.63) is 72.9 Å². The smallest absolute Gasteiger partial charge is 0.319 e. The molecule has 4 aromatic rings. The van der Waals surface area contributed by atoms with Gasteiger partial charge in [0.15, 0.2) is 0 Å². The van der Waals surface area contributed by atoms with Crippen molar-refractivity contribution in [3.63, 3.8) is 0 Å².